The first-order valence-electron chi connectivity index (χ1n) is 6.49. The first-order valence-corrected chi connectivity index (χ1v) is 6.49. The van der Waals surface area contributed by atoms with Gasteiger partial charge in [0.25, 0.3) is 5.91 Å². The van der Waals surface area contributed by atoms with E-state index in [1.807, 2.05) is 26.8 Å². The molecule has 2 heterocycles. The number of hydrogen-bond donors (Lipinski definition) is 2. The first kappa shape index (κ1) is 12.8. The number of nitrogens with one attached hydrogen (secondary N) is 2. The summed E-state index contributed by atoms with van der Waals surface area (Å²) in [6, 6.07) is 4.89. The maximum absolute atomic E-state index is 12.0. The molecule has 0 saturated heterocycles. The number of nitrogens with zero attached hydrogens (tertiary/aromatic N) is 1. The van der Waals surface area contributed by atoms with Gasteiger partial charge in [-0.1, -0.05) is 6.07 Å². The van der Waals surface area contributed by atoms with E-state index < -0.39 is 6.04 Å². The quantitative estimate of drug-likeness (QED) is 0.811. The van der Waals surface area contributed by atoms with Gasteiger partial charge in [-0.15, -0.1) is 0 Å². The molecule has 3 rings (SSSR count). The lowest BCUT2D eigenvalue weighted by Gasteiger charge is -2.21. The van der Waals surface area contributed by atoms with E-state index in [2.05, 4.69) is 15.6 Å². The van der Waals surface area contributed by atoms with Crippen molar-refractivity contribution in [1.29, 1.82) is 0 Å². The number of fused-ring (bicyclic) bond motifs is 1. The molecule has 2 N–H and O–H groups in total. The summed E-state index contributed by atoms with van der Waals surface area (Å²) in [4.78, 5) is 16.4. The smallest absolute Gasteiger partial charge is 0.256 e. The number of benzene rings is 1. The Morgan fingerprint density at radius 2 is 2.05 bits per heavy atom. The van der Waals surface area contributed by atoms with Crippen LogP contribution in [0.5, 0.6) is 11.5 Å². The number of carbonyl (C=O) groups excluding carboxylic acids is 1. The summed E-state index contributed by atoms with van der Waals surface area (Å²) in [5.41, 5.74) is 0.632. The molecule has 1 unspecified atom stereocenters. The number of aliphatic imine (C=N–C) groups is 1. The second-order valence-corrected chi connectivity index (χ2v) is 5.86. The molecule has 0 fully saturated rings. The SMILES string of the molecule is CC(C)(C)NC1=NC(c2ccc3c(c2)OCO3)C(=O)N1. The Bertz CT molecular complexity index is 590. The average Bonchev–Trinajstić information content (AvgIpc) is 2.92. The molecule has 6 nitrogen and oxygen atoms in total. The van der Waals surface area contributed by atoms with Crippen molar-refractivity contribution in [3.05, 3.63) is 23.8 Å². The summed E-state index contributed by atoms with van der Waals surface area (Å²) in [6.45, 7) is 6.25. The van der Waals surface area contributed by atoms with Crippen LogP contribution < -0.4 is 20.1 Å². The molecule has 1 atom stereocenters. The minimum absolute atomic E-state index is 0.143. The van der Waals surface area contributed by atoms with Gasteiger partial charge in [0.15, 0.2) is 23.5 Å². The van der Waals surface area contributed by atoms with E-state index in [0.29, 0.717) is 17.5 Å². The molecule has 0 saturated carbocycles. The Hall–Kier alpha value is -2.24. The second kappa shape index (κ2) is 4.40. The van der Waals surface area contributed by atoms with Crippen LogP contribution in [0.4, 0.5) is 0 Å². The monoisotopic (exact) mass is 275 g/mol. The molecule has 2 aliphatic rings. The third-order valence-electron chi connectivity index (χ3n) is 2.95. The van der Waals surface area contributed by atoms with E-state index in [4.69, 9.17) is 9.47 Å². The molecule has 20 heavy (non-hydrogen) atoms. The normalized spacial score (nSPS) is 20.6. The van der Waals surface area contributed by atoms with Crippen LogP contribution in [0.25, 0.3) is 0 Å². The zero-order valence-corrected chi connectivity index (χ0v) is 11.7. The van der Waals surface area contributed by atoms with E-state index >= 15 is 0 Å². The molecule has 0 bridgehead atoms. The van der Waals surface area contributed by atoms with Crippen LogP contribution in [0, 0.1) is 0 Å². The Kier molecular flexibility index (Phi) is 2.81. The predicted molar refractivity (Wildman–Crippen MR) is 73.8 cm³/mol. The minimum atomic E-state index is -0.547. The molecule has 0 aliphatic carbocycles. The van der Waals surface area contributed by atoms with Crippen LogP contribution in [-0.4, -0.2) is 24.2 Å². The molecule has 1 aromatic rings. The predicted octanol–water partition coefficient (Wildman–Crippen LogP) is 1.33. The van der Waals surface area contributed by atoms with Gasteiger partial charge >= 0.3 is 0 Å². The third kappa shape index (κ3) is 2.41. The van der Waals surface area contributed by atoms with E-state index in [1.165, 1.54) is 0 Å². The number of ether oxygens (including phenoxy) is 2. The van der Waals surface area contributed by atoms with Crippen molar-refractivity contribution in [2.75, 3.05) is 6.79 Å². The van der Waals surface area contributed by atoms with E-state index in [0.717, 1.165) is 5.56 Å². The van der Waals surface area contributed by atoms with Crippen LogP contribution in [0.15, 0.2) is 23.2 Å². The van der Waals surface area contributed by atoms with Gasteiger partial charge in [0, 0.05) is 5.54 Å². The molecular weight excluding hydrogens is 258 g/mol. The van der Waals surface area contributed by atoms with Gasteiger partial charge in [-0.3, -0.25) is 10.1 Å². The molecule has 2 aliphatic heterocycles. The van der Waals surface area contributed by atoms with Crippen LogP contribution >= 0.6 is 0 Å². The number of carbonyl (C=O) groups is 1. The van der Waals surface area contributed by atoms with Crippen LogP contribution in [0.3, 0.4) is 0 Å². The van der Waals surface area contributed by atoms with Crippen LogP contribution in [-0.2, 0) is 4.79 Å². The summed E-state index contributed by atoms with van der Waals surface area (Å²) in [6.07, 6.45) is 0. The fourth-order valence-electron chi connectivity index (χ4n) is 2.13. The van der Waals surface area contributed by atoms with Gasteiger partial charge in [-0.05, 0) is 38.5 Å². The number of guanidine groups is 1. The largest absolute Gasteiger partial charge is 0.454 e. The molecule has 106 valence electrons. The summed E-state index contributed by atoms with van der Waals surface area (Å²) in [7, 11) is 0. The van der Waals surface area contributed by atoms with Crippen molar-refractivity contribution in [2.24, 2.45) is 4.99 Å². The lowest BCUT2D eigenvalue weighted by molar-refractivity contribution is -0.120. The molecule has 0 spiro atoms. The fraction of sp³-hybridized carbons (Fsp3) is 0.429. The molecule has 6 heteroatoms. The van der Waals surface area contributed by atoms with Gasteiger partial charge in [0.05, 0.1) is 0 Å². The Balaban J connectivity index is 1.85. The summed E-state index contributed by atoms with van der Waals surface area (Å²) >= 11 is 0. The second-order valence-electron chi connectivity index (χ2n) is 5.86. The van der Waals surface area contributed by atoms with Crippen molar-refractivity contribution < 1.29 is 14.3 Å². The van der Waals surface area contributed by atoms with Crippen molar-refractivity contribution in [2.45, 2.75) is 32.4 Å². The van der Waals surface area contributed by atoms with Crippen LogP contribution in [0.2, 0.25) is 0 Å². The maximum Gasteiger partial charge on any atom is 0.256 e. The highest BCUT2D eigenvalue weighted by molar-refractivity contribution is 6.05. The zero-order chi connectivity index (χ0) is 14.3. The summed E-state index contributed by atoms with van der Waals surface area (Å²) in [5.74, 6) is 1.72. The zero-order valence-electron chi connectivity index (χ0n) is 11.7. The fourth-order valence-corrected chi connectivity index (χ4v) is 2.13. The Labute approximate surface area is 117 Å². The van der Waals surface area contributed by atoms with Gasteiger partial charge in [-0.2, -0.15) is 0 Å². The van der Waals surface area contributed by atoms with Gasteiger partial charge in [0.1, 0.15) is 0 Å². The van der Waals surface area contributed by atoms with Crippen molar-refractivity contribution >= 4 is 11.9 Å². The van der Waals surface area contributed by atoms with E-state index in [1.54, 1.807) is 12.1 Å². The summed E-state index contributed by atoms with van der Waals surface area (Å²) < 4.78 is 10.6. The van der Waals surface area contributed by atoms with E-state index in [-0.39, 0.29) is 18.2 Å². The van der Waals surface area contributed by atoms with E-state index in [9.17, 15) is 4.79 Å². The summed E-state index contributed by atoms with van der Waals surface area (Å²) in [5, 5.41) is 5.92. The standard InChI is InChI=1S/C14H17N3O3/c1-14(2,3)17-13-15-11(12(18)16-13)8-4-5-9-10(6-8)20-7-19-9/h4-6,11H,7H2,1-3H3,(H2,15,16,17,18). The molecule has 0 radical (unpaired) electrons. The highest BCUT2D eigenvalue weighted by atomic mass is 16.7. The van der Waals surface area contributed by atoms with Crippen molar-refractivity contribution in [3.63, 3.8) is 0 Å². The minimum Gasteiger partial charge on any atom is -0.454 e. The third-order valence-corrected chi connectivity index (χ3v) is 2.95. The van der Waals surface area contributed by atoms with Gasteiger partial charge in [0.2, 0.25) is 6.79 Å². The Morgan fingerprint density at radius 3 is 2.80 bits per heavy atom. The van der Waals surface area contributed by atoms with Crippen molar-refractivity contribution in [1.82, 2.24) is 10.6 Å². The van der Waals surface area contributed by atoms with Gasteiger partial charge < -0.3 is 14.8 Å². The topological polar surface area (TPSA) is 72.0 Å². The molecule has 1 aromatic carbocycles. The molecular formula is C14H17N3O3. The van der Waals surface area contributed by atoms with Crippen LogP contribution in [0.1, 0.15) is 32.4 Å². The first-order chi connectivity index (χ1) is 9.42. The Morgan fingerprint density at radius 1 is 1.30 bits per heavy atom. The highest BCUT2D eigenvalue weighted by Crippen LogP contribution is 2.35. The average molecular weight is 275 g/mol. The lowest BCUT2D eigenvalue weighted by Crippen LogP contribution is -2.46. The number of amides is 1. The lowest BCUT2D eigenvalue weighted by atomic mass is 10.1. The highest BCUT2D eigenvalue weighted by Gasteiger charge is 2.30. The molecule has 1 amide bonds. The van der Waals surface area contributed by atoms with Crippen molar-refractivity contribution in [3.8, 4) is 11.5 Å². The number of rotatable bonds is 1. The number of hydrogen-bond acceptors (Lipinski definition) is 5. The molecule has 0 aromatic heterocycles. The maximum atomic E-state index is 12.0. The van der Waals surface area contributed by atoms with Gasteiger partial charge in [-0.25, -0.2) is 4.99 Å².